The molecule has 0 bridgehead atoms. The van der Waals surface area contributed by atoms with E-state index in [0.29, 0.717) is 11.4 Å². The van der Waals surface area contributed by atoms with E-state index in [1.165, 1.54) is 11.3 Å². The Morgan fingerprint density at radius 2 is 2.14 bits per heavy atom. The summed E-state index contributed by atoms with van der Waals surface area (Å²) in [6.07, 6.45) is 0. The molecule has 6 nitrogen and oxygen atoms in total. The Morgan fingerprint density at radius 3 is 2.86 bits per heavy atom. The van der Waals surface area contributed by atoms with Crippen molar-refractivity contribution in [2.75, 3.05) is 17.7 Å². The lowest BCUT2D eigenvalue weighted by Crippen LogP contribution is -2.12. The van der Waals surface area contributed by atoms with Crippen LogP contribution in [0.1, 0.15) is 16.3 Å². The molecule has 0 radical (unpaired) electrons. The molecule has 0 atom stereocenters. The highest BCUT2D eigenvalue weighted by Crippen LogP contribution is 2.21. The Balaban J connectivity index is 1.85. The number of amides is 1. The maximum absolute atomic E-state index is 12.1. The summed E-state index contributed by atoms with van der Waals surface area (Å²) in [6, 6.07) is 5.68. The van der Waals surface area contributed by atoms with E-state index in [9.17, 15) is 4.79 Å². The third-order valence-electron chi connectivity index (χ3n) is 3.31. The van der Waals surface area contributed by atoms with Crippen LogP contribution in [-0.2, 0) is 7.05 Å². The highest BCUT2D eigenvalue weighted by atomic mass is 32.1. The van der Waals surface area contributed by atoms with Gasteiger partial charge in [-0.05, 0) is 25.1 Å². The number of aryl methyl sites for hydroxylation is 2. The quantitative estimate of drug-likeness (QED) is 0.780. The predicted octanol–water partition coefficient (Wildman–Crippen LogP) is 2.63. The molecule has 0 aliphatic heterocycles. The lowest BCUT2D eigenvalue weighted by atomic mass is 10.2. The summed E-state index contributed by atoms with van der Waals surface area (Å²) >= 11 is 1.40. The monoisotopic (exact) mass is 301 g/mol. The van der Waals surface area contributed by atoms with Gasteiger partial charge in [-0.2, -0.15) is 0 Å². The van der Waals surface area contributed by atoms with Crippen LogP contribution < -0.4 is 10.6 Å². The van der Waals surface area contributed by atoms with Crippen LogP contribution in [0.4, 0.5) is 10.8 Å². The molecule has 2 aromatic heterocycles. The number of aromatic nitrogens is 3. The molecule has 1 amide bonds. The van der Waals surface area contributed by atoms with Gasteiger partial charge < -0.3 is 15.2 Å². The summed E-state index contributed by atoms with van der Waals surface area (Å²) in [7, 11) is 3.75. The van der Waals surface area contributed by atoms with Crippen molar-refractivity contribution < 1.29 is 4.79 Å². The maximum atomic E-state index is 12.1. The number of anilines is 2. The molecule has 7 heteroatoms. The number of carbonyl (C=O) groups is 1. The highest BCUT2D eigenvalue weighted by molar-refractivity contribution is 7.13. The summed E-state index contributed by atoms with van der Waals surface area (Å²) in [5.41, 5.74) is 3.02. The largest absolute Gasteiger partial charge is 0.365 e. The van der Waals surface area contributed by atoms with E-state index in [0.717, 1.165) is 22.0 Å². The van der Waals surface area contributed by atoms with E-state index in [2.05, 4.69) is 20.6 Å². The topological polar surface area (TPSA) is 71.8 Å². The SMILES string of the molecule is CNc1nc(C(=O)Nc2ccc3c(c2)nc(C)n3C)cs1. The van der Waals surface area contributed by atoms with Gasteiger partial charge >= 0.3 is 0 Å². The predicted molar refractivity (Wildman–Crippen MR) is 85.1 cm³/mol. The maximum Gasteiger partial charge on any atom is 0.275 e. The fraction of sp³-hybridized carbons (Fsp3) is 0.214. The first-order valence-electron chi connectivity index (χ1n) is 6.46. The number of fused-ring (bicyclic) bond motifs is 1. The molecule has 0 unspecified atom stereocenters. The van der Waals surface area contributed by atoms with Crippen LogP contribution in [0.15, 0.2) is 23.6 Å². The lowest BCUT2D eigenvalue weighted by molar-refractivity contribution is 0.102. The number of hydrogen-bond acceptors (Lipinski definition) is 5. The summed E-state index contributed by atoms with van der Waals surface area (Å²) in [5.74, 6) is 0.714. The van der Waals surface area contributed by atoms with Gasteiger partial charge in [0.15, 0.2) is 5.13 Å². The minimum atomic E-state index is -0.222. The van der Waals surface area contributed by atoms with Gasteiger partial charge in [-0.25, -0.2) is 9.97 Å². The van der Waals surface area contributed by atoms with Crippen molar-refractivity contribution in [2.24, 2.45) is 7.05 Å². The molecule has 2 heterocycles. The molecule has 0 saturated heterocycles. The molecule has 3 rings (SSSR count). The van der Waals surface area contributed by atoms with E-state index >= 15 is 0 Å². The highest BCUT2D eigenvalue weighted by Gasteiger charge is 2.12. The molecule has 0 fully saturated rings. The number of benzene rings is 1. The van der Waals surface area contributed by atoms with Crippen molar-refractivity contribution in [3.8, 4) is 0 Å². The molecule has 21 heavy (non-hydrogen) atoms. The second-order valence-corrected chi connectivity index (χ2v) is 5.52. The fourth-order valence-electron chi connectivity index (χ4n) is 2.09. The third-order valence-corrected chi connectivity index (χ3v) is 4.17. The van der Waals surface area contributed by atoms with Crippen LogP contribution in [0, 0.1) is 6.92 Å². The van der Waals surface area contributed by atoms with Gasteiger partial charge in [0.2, 0.25) is 0 Å². The van der Waals surface area contributed by atoms with Crippen LogP contribution in [0.5, 0.6) is 0 Å². The number of hydrogen-bond donors (Lipinski definition) is 2. The van der Waals surface area contributed by atoms with Crippen molar-refractivity contribution >= 4 is 39.1 Å². The molecule has 0 saturated carbocycles. The Labute approximate surface area is 125 Å². The lowest BCUT2D eigenvalue weighted by Gasteiger charge is -2.03. The zero-order chi connectivity index (χ0) is 15.0. The number of carbonyl (C=O) groups excluding carboxylic acids is 1. The van der Waals surface area contributed by atoms with Gasteiger partial charge in [-0.3, -0.25) is 4.79 Å². The van der Waals surface area contributed by atoms with Gasteiger partial charge in [0.05, 0.1) is 11.0 Å². The summed E-state index contributed by atoms with van der Waals surface area (Å²) in [4.78, 5) is 20.8. The van der Waals surface area contributed by atoms with Crippen molar-refractivity contribution in [1.82, 2.24) is 14.5 Å². The van der Waals surface area contributed by atoms with E-state index in [1.807, 2.05) is 36.7 Å². The molecule has 0 aliphatic carbocycles. The van der Waals surface area contributed by atoms with Crippen molar-refractivity contribution in [3.63, 3.8) is 0 Å². The van der Waals surface area contributed by atoms with Gasteiger partial charge in [0.25, 0.3) is 5.91 Å². The summed E-state index contributed by atoms with van der Waals surface area (Å²) in [6.45, 7) is 1.95. The second-order valence-electron chi connectivity index (χ2n) is 4.66. The van der Waals surface area contributed by atoms with Gasteiger partial charge in [-0.15, -0.1) is 11.3 Å². The zero-order valence-electron chi connectivity index (χ0n) is 12.0. The average Bonchev–Trinajstić information content (AvgIpc) is 3.05. The first kappa shape index (κ1) is 13.6. The van der Waals surface area contributed by atoms with E-state index < -0.39 is 0 Å². The van der Waals surface area contributed by atoms with Crippen LogP contribution in [0.3, 0.4) is 0 Å². The molecule has 1 aromatic carbocycles. The smallest absolute Gasteiger partial charge is 0.275 e. The van der Waals surface area contributed by atoms with E-state index in [1.54, 1.807) is 12.4 Å². The second kappa shape index (κ2) is 5.17. The van der Waals surface area contributed by atoms with Crippen LogP contribution in [0.2, 0.25) is 0 Å². The summed E-state index contributed by atoms with van der Waals surface area (Å²) < 4.78 is 2.01. The van der Waals surface area contributed by atoms with Crippen molar-refractivity contribution in [1.29, 1.82) is 0 Å². The molecule has 2 N–H and O–H groups in total. The van der Waals surface area contributed by atoms with Crippen LogP contribution in [-0.4, -0.2) is 27.5 Å². The van der Waals surface area contributed by atoms with Gasteiger partial charge in [0.1, 0.15) is 11.5 Å². The summed E-state index contributed by atoms with van der Waals surface area (Å²) in [5, 5.41) is 8.20. The molecule has 108 valence electrons. The van der Waals surface area contributed by atoms with E-state index in [-0.39, 0.29) is 5.91 Å². The molecular weight excluding hydrogens is 286 g/mol. The molecule has 0 spiro atoms. The van der Waals surface area contributed by atoms with E-state index in [4.69, 9.17) is 0 Å². The number of rotatable bonds is 3. The number of thiazole rings is 1. The van der Waals surface area contributed by atoms with Crippen molar-refractivity contribution in [2.45, 2.75) is 6.92 Å². The zero-order valence-corrected chi connectivity index (χ0v) is 12.8. The normalized spacial score (nSPS) is 10.8. The third kappa shape index (κ3) is 2.47. The molecule has 0 aliphatic rings. The molecular formula is C14H15N5OS. The number of nitrogens with one attached hydrogen (secondary N) is 2. The minimum absolute atomic E-state index is 0.222. The Morgan fingerprint density at radius 1 is 1.33 bits per heavy atom. The fourth-order valence-corrected chi connectivity index (χ4v) is 2.74. The van der Waals surface area contributed by atoms with Crippen LogP contribution in [0.25, 0.3) is 11.0 Å². The van der Waals surface area contributed by atoms with Gasteiger partial charge in [0, 0.05) is 25.2 Å². The number of nitrogens with zero attached hydrogens (tertiary/aromatic N) is 3. The standard InChI is InChI=1S/C14H15N5OS/c1-8-16-10-6-9(4-5-12(10)19(8)3)17-13(20)11-7-21-14(15-2)18-11/h4-7H,1-3H3,(H,15,18)(H,17,20). The Kier molecular flexibility index (Phi) is 3.34. The van der Waals surface area contributed by atoms with Crippen molar-refractivity contribution in [3.05, 3.63) is 35.1 Å². The first-order valence-corrected chi connectivity index (χ1v) is 7.34. The van der Waals surface area contributed by atoms with Crippen LogP contribution >= 0.6 is 11.3 Å². The van der Waals surface area contributed by atoms with Gasteiger partial charge in [-0.1, -0.05) is 0 Å². The minimum Gasteiger partial charge on any atom is -0.365 e. The number of imidazole rings is 1. The Bertz CT molecular complexity index is 820. The Hall–Kier alpha value is -2.41. The first-order chi connectivity index (χ1) is 10.1. The average molecular weight is 301 g/mol. The molecule has 3 aromatic rings.